The van der Waals surface area contributed by atoms with Crippen molar-refractivity contribution in [1.82, 2.24) is 9.55 Å². The van der Waals surface area contributed by atoms with E-state index in [1.54, 1.807) is 6.92 Å². The van der Waals surface area contributed by atoms with Crippen LogP contribution in [0.2, 0.25) is 0 Å². The number of nitrogens with zero attached hydrogens (tertiary/aromatic N) is 1. The van der Waals surface area contributed by atoms with Crippen LogP contribution in [0.5, 0.6) is 0 Å². The van der Waals surface area contributed by atoms with Crippen molar-refractivity contribution >= 4 is 0 Å². The average molecular weight is 248 g/mol. The fourth-order valence-corrected chi connectivity index (χ4v) is 2.26. The molecule has 5 heteroatoms. The van der Waals surface area contributed by atoms with E-state index >= 15 is 0 Å². The molecular weight excluding hydrogens is 232 g/mol. The maximum absolute atomic E-state index is 11.7. The largest absolute Gasteiger partial charge is 0.353 e. The molecule has 1 fully saturated rings. The van der Waals surface area contributed by atoms with Crippen LogP contribution in [0.1, 0.15) is 31.6 Å². The minimum absolute atomic E-state index is 0.0131. The predicted octanol–water partition coefficient (Wildman–Crippen LogP) is 0.792. The Hall–Kier alpha value is -1.80. The van der Waals surface area contributed by atoms with Crippen molar-refractivity contribution in [3.05, 3.63) is 32.6 Å². The fourth-order valence-electron chi connectivity index (χ4n) is 2.26. The van der Waals surface area contributed by atoms with Gasteiger partial charge in [0.2, 0.25) is 0 Å². The lowest BCUT2D eigenvalue weighted by Crippen LogP contribution is -2.33. The smallest absolute Gasteiger partial charge is 0.330 e. The summed E-state index contributed by atoms with van der Waals surface area (Å²) in [6.45, 7) is 3.65. The van der Waals surface area contributed by atoms with Crippen LogP contribution in [-0.4, -0.2) is 15.7 Å². The van der Waals surface area contributed by atoms with Gasteiger partial charge < -0.3 is 4.74 Å². The summed E-state index contributed by atoms with van der Waals surface area (Å²) >= 11 is 0. The lowest BCUT2D eigenvalue weighted by molar-refractivity contribution is -0.00564. The first kappa shape index (κ1) is 12.7. The highest BCUT2D eigenvalue weighted by atomic mass is 16.5. The normalized spacial score (nSPS) is 27.1. The van der Waals surface area contributed by atoms with E-state index in [1.807, 2.05) is 6.92 Å². The van der Waals surface area contributed by atoms with Crippen molar-refractivity contribution in [2.24, 2.45) is 5.92 Å². The van der Waals surface area contributed by atoms with E-state index in [0.29, 0.717) is 12.0 Å². The topological polar surface area (TPSA) is 64.1 Å². The summed E-state index contributed by atoms with van der Waals surface area (Å²) in [5.74, 6) is 2.71. The lowest BCUT2D eigenvalue weighted by Gasteiger charge is -2.15. The second-order valence-electron chi connectivity index (χ2n) is 4.52. The van der Waals surface area contributed by atoms with Crippen molar-refractivity contribution in [2.75, 3.05) is 0 Å². The maximum Gasteiger partial charge on any atom is 0.330 e. The summed E-state index contributed by atoms with van der Waals surface area (Å²) in [6.07, 6.45) is 7.97. The Kier molecular flexibility index (Phi) is 3.39. The van der Waals surface area contributed by atoms with Crippen LogP contribution in [0.15, 0.2) is 15.8 Å². The lowest BCUT2D eigenvalue weighted by atomic mass is 10.0. The standard InChI is InChI=1S/C13H16N2O3/c1-4-9-6-11(18-10(9)5-2)15-7-8(3)12(16)14-13(15)17/h1,7,9-11H,5-6H2,2-3H3,(H,14,16,17)/t9-,10-,11-/m1/s1. The van der Waals surface area contributed by atoms with Gasteiger partial charge >= 0.3 is 5.69 Å². The van der Waals surface area contributed by atoms with Crippen LogP contribution in [0, 0.1) is 25.2 Å². The molecule has 1 aromatic heterocycles. The van der Waals surface area contributed by atoms with Crippen LogP contribution in [0.4, 0.5) is 0 Å². The number of hydrogen-bond donors (Lipinski definition) is 1. The molecule has 1 aromatic rings. The molecule has 0 aliphatic carbocycles. The molecule has 1 aliphatic heterocycles. The second kappa shape index (κ2) is 4.83. The maximum atomic E-state index is 11.7. The number of hydrogen-bond acceptors (Lipinski definition) is 3. The van der Waals surface area contributed by atoms with E-state index in [2.05, 4.69) is 10.9 Å². The third-order valence-electron chi connectivity index (χ3n) is 3.31. The molecule has 0 bridgehead atoms. The van der Waals surface area contributed by atoms with Gasteiger partial charge in [0.25, 0.3) is 5.56 Å². The van der Waals surface area contributed by atoms with Crippen LogP contribution >= 0.6 is 0 Å². The number of terminal acetylenes is 1. The molecular formula is C13H16N2O3. The Balaban J connectivity index is 2.35. The minimum atomic E-state index is -0.455. The van der Waals surface area contributed by atoms with Crippen LogP contribution in [0.3, 0.4) is 0 Å². The van der Waals surface area contributed by atoms with Gasteiger partial charge in [0, 0.05) is 18.2 Å². The number of aromatic amines is 1. The number of nitrogens with one attached hydrogen (secondary N) is 1. The van der Waals surface area contributed by atoms with Crippen molar-refractivity contribution in [3.63, 3.8) is 0 Å². The molecule has 0 unspecified atom stereocenters. The molecule has 1 saturated heterocycles. The predicted molar refractivity (Wildman–Crippen MR) is 67.2 cm³/mol. The molecule has 0 radical (unpaired) electrons. The molecule has 2 heterocycles. The van der Waals surface area contributed by atoms with E-state index in [-0.39, 0.29) is 23.8 Å². The Bertz CT molecular complexity index is 593. The zero-order chi connectivity index (χ0) is 13.3. The van der Waals surface area contributed by atoms with Crippen molar-refractivity contribution in [3.8, 4) is 12.3 Å². The van der Waals surface area contributed by atoms with Crippen molar-refractivity contribution < 1.29 is 4.74 Å². The van der Waals surface area contributed by atoms with Gasteiger partial charge in [-0.15, -0.1) is 12.3 Å². The number of aryl methyl sites for hydroxylation is 1. The first-order valence-electron chi connectivity index (χ1n) is 6.00. The minimum Gasteiger partial charge on any atom is -0.353 e. The van der Waals surface area contributed by atoms with Gasteiger partial charge in [0.1, 0.15) is 6.23 Å². The monoisotopic (exact) mass is 248 g/mol. The first-order chi connectivity index (χ1) is 8.56. The molecule has 0 amide bonds. The summed E-state index contributed by atoms with van der Waals surface area (Å²) in [5, 5.41) is 0. The molecule has 18 heavy (non-hydrogen) atoms. The van der Waals surface area contributed by atoms with Gasteiger partial charge in [0.15, 0.2) is 0 Å². The molecule has 0 saturated carbocycles. The highest BCUT2D eigenvalue weighted by Crippen LogP contribution is 2.33. The quantitative estimate of drug-likeness (QED) is 0.787. The van der Waals surface area contributed by atoms with E-state index in [4.69, 9.17) is 11.2 Å². The van der Waals surface area contributed by atoms with Gasteiger partial charge in [-0.2, -0.15) is 0 Å². The molecule has 3 atom stereocenters. The second-order valence-corrected chi connectivity index (χ2v) is 4.52. The van der Waals surface area contributed by atoms with Crippen LogP contribution < -0.4 is 11.2 Å². The summed E-state index contributed by atoms with van der Waals surface area (Å²) in [5.41, 5.74) is -0.340. The Morgan fingerprint density at radius 2 is 2.33 bits per heavy atom. The molecule has 1 aliphatic rings. The van der Waals surface area contributed by atoms with Gasteiger partial charge in [-0.25, -0.2) is 4.79 Å². The Morgan fingerprint density at radius 1 is 1.61 bits per heavy atom. The van der Waals surface area contributed by atoms with Gasteiger partial charge in [-0.05, 0) is 13.3 Å². The van der Waals surface area contributed by atoms with Crippen molar-refractivity contribution in [2.45, 2.75) is 39.0 Å². The molecule has 5 nitrogen and oxygen atoms in total. The number of rotatable bonds is 2. The SMILES string of the molecule is C#C[C@@H]1C[C@H](n2cc(C)c(=O)[nH]c2=O)O[C@@H]1CC. The zero-order valence-electron chi connectivity index (χ0n) is 10.5. The van der Waals surface area contributed by atoms with Crippen LogP contribution in [-0.2, 0) is 4.74 Å². The summed E-state index contributed by atoms with van der Waals surface area (Å²) in [6, 6.07) is 0. The zero-order valence-corrected chi connectivity index (χ0v) is 10.5. The molecule has 0 spiro atoms. The van der Waals surface area contributed by atoms with Crippen molar-refractivity contribution in [1.29, 1.82) is 0 Å². The van der Waals surface area contributed by atoms with E-state index in [1.165, 1.54) is 10.8 Å². The third kappa shape index (κ3) is 2.12. The molecule has 1 N–H and O–H groups in total. The van der Waals surface area contributed by atoms with E-state index < -0.39 is 5.69 Å². The summed E-state index contributed by atoms with van der Waals surface area (Å²) in [7, 11) is 0. The van der Waals surface area contributed by atoms with E-state index in [9.17, 15) is 9.59 Å². The third-order valence-corrected chi connectivity index (χ3v) is 3.31. The van der Waals surface area contributed by atoms with Gasteiger partial charge in [0.05, 0.1) is 12.0 Å². The Morgan fingerprint density at radius 3 is 2.89 bits per heavy atom. The number of H-pyrrole nitrogens is 1. The average Bonchev–Trinajstić information content (AvgIpc) is 2.76. The number of aromatic nitrogens is 2. The highest BCUT2D eigenvalue weighted by Gasteiger charge is 2.34. The first-order valence-corrected chi connectivity index (χ1v) is 6.00. The summed E-state index contributed by atoms with van der Waals surface area (Å²) < 4.78 is 7.19. The number of ether oxygens (including phenoxy) is 1. The van der Waals surface area contributed by atoms with Gasteiger partial charge in [-0.1, -0.05) is 6.92 Å². The molecule has 96 valence electrons. The summed E-state index contributed by atoms with van der Waals surface area (Å²) in [4.78, 5) is 25.3. The van der Waals surface area contributed by atoms with Gasteiger partial charge in [-0.3, -0.25) is 14.3 Å². The highest BCUT2D eigenvalue weighted by molar-refractivity contribution is 5.04. The fraction of sp³-hybridized carbons (Fsp3) is 0.538. The Labute approximate surface area is 105 Å². The van der Waals surface area contributed by atoms with Crippen LogP contribution in [0.25, 0.3) is 0 Å². The van der Waals surface area contributed by atoms with E-state index in [0.717, 1.165) is 6.42 Å². The molecule has 0 aromatic carbocycles. The molecule has 2 rings (SSSR count).